The summed E-state index contributed by atoms with van der Waals surface area (Å²) in [5.41, 5.74) is 0.0520. The molecule has 0 amide bonds. The van der Waals surface area contributed by atoms with Crippen molar-refractivity contribution in [1.29, 1.82) is 0 Å². The van der Waals surface area contributed by atoms with Gasteiger partial charge in [0.1, 0.15) is 5.75 Å². The number of anilines is 1. The lowest BCUT2D eigenvalue weighted by Crippen LogP contribution is -2.28. The van der Waals surface area contributed by atoms with E-state index in [2.05, 4.69) is 4.72 Å². The average molecular weight is 251 g/mol. The van der Waals surface area contributed by atoms with Crippen molar-refractivity contribution in [2.45, 2.75) is 0 Å². The Morgan fingerprint density at radius 2 is 2.00 bits per heavy atom. The highest BCUT2D eigenvalue weighted by atomic mass is 35.5. The van der Waals surface area contributed by atoms with Gasteiger partial charge in [-0.1, -0.05) is 11.6 Å². The molecule has 84 valence electrons. The van der Waals surface area contributed by atoms with Crippen LogP contribution in [0.5, 0.6) is 5.75 Å². The molecule has 0 unspecified atom stereocenters. The highest BCUT2D eigenvalue weighted by molar-refractivity contribution is 7.90. The molecule has 0 aromatic heterocycles. The van der Waals surface area contributed by atoms with Gasteiger partial charge in [-0.2, -0.15) is 12.7 Å². The van der Waals surface area contributed by atoms with E-state index in [-0.39, 0.29) is 11.4 Å². The van der Waals surface area contributed by atoms with E-state index in [9.17, 15) is 13.5 Å². The van der Waals surface area contributed by atoms with E-state index >= 15 is 0 Å². The lowest BCUT2D eigenvalue weighted by Gasteiger charge is -2.14. The van der Waals surface area contributed by atoms with Gasteiger partial charge in [0.15, 0.2) is 0 Å². The van der Waals surface area contributed by atoms with Gasteiger partial charge >= 0.3 is 10.2 Å². The van der Waals surface area contributed by atoms with E-state index in [1.807, 2.05) is 0 Å². The first-order valence-corrected chi connectivity index (χ1v) is 5.83. The smallest absolute Gasteiger partial charge is 0.301 e. The third kappa shape index (κ3) is 2.98. The number of benzene rings is 1. The fraction of sp³-hybridized carbons (Fsp3) is 0.250. The van der Waals surface area contributed by atoms with Gasteiger partial charge < -0.3 is 5.11 Å². The third-order valence-corrected chi connectivity index (χ3v) is 3.35. The first-order chi connectivity index (χ1) is 6.83. The second-order valence-electron chi connectivity index (χ2n) is 3.05. The minimum atomic E-state index is -3.63. The summed E-state index contributed by atoms with van der Waals surface area (Å²) < 4.78 is 26.0. The monoisotopic (exact) mass is 250 g/mol. The van der Waals surface area contributed by atoms with Crippen molar-refractivity contribution < 1.29 is 13.5 Å². The van der Waals surface area contributed by atoms with Gasteiger partial charge in [0, 0.05) is 19.1 Å². The maximum atomic E-state index is 11.4. The van der Waals surface area contributed by atoms with E-state index in [1.165, 1.54) is 32.3 Å². The number of nitrogens with zero attached hydrogens (tertiary/aromatic N) is 1. The van der Waals surface area contributed by atoms with E-state index < -0.39 is 10.2 Å². The molecule has 0 spiro atoms. The highest BCUT2D eigenvalue weighted by Gasteiger charge is 2.15. The first kappa shape index (κ1) is 12.1. The molecule has 0 saturated heterocycles. The molecule has 15 heavy (non-hydrogen) atoms. The van der Waals surface area contributed by atoms with Crippen molar-refractivity contribution >= 4 is 27.5 Å². The molecule has 0 aliphatic heterocycles. The molecule has 7 heteroatoms. The van der Waals surface area contributed by atoms with Crippen molar-refractivity contribution in [2.75, 3.05) is 18.8 Å². The van der Waals surface area contributed by atoms with Gasteiger partial charge in [-0.15, -0.1) is 0 Å². The van der Waals surface area contributed by atoms with Crippen LogP contribution in [0.3, 0.4) is 0 Å². The standard InChI is InChI=1S/C8H11ClN2O3S/c1-11(2)15(13,14)10-7-5-6(9)3-4-8(7)12/h3-5,10,12H,1-2H3. The predicted octanol–water partition coefficient (Wildman–Crippen LogP) is 1.26. The fourth-order valence-electron chi connectivity index (χ4n) is 0.820. The van der Waals surface area contributed by atoms with Crippen LogP contribution in [0.4, 0.5) is 5.69 Å². The molecule has 1 aromatic rings. The van der Waals surface area contributed by atoms with Gasteiger partial charge in [-0.05, 0) is 18.2 Å². The summed E-state index contributed by atoms with van der Waals surface area (Å²) in [5.74, 6) is -0.176. The summed E-state index contributed by atoms with van der Waals surface area (Å²) in [4.78, 5) is 0. The molecule has 0 aliphatic carbocycles. The molecule has 0 heterocycles. The Labute approximate surface area is 93.5 Å². The third-order valence-electron chi connectivity index (χ3n) is 1.68. The number of halogens is 1. The highest BCUT2D eigenvalue weighted by Crippen LogP contribution is 2.27. The lowest BCUT2D eigenvalue weighted by atomic mass is 10.3. The summed E-state index contributed by atoms with van der Waals surface area (Å²) in [6.07, 6.45) is 0. The fourth-order valence-corrected chi connectivity index (χ4v) is 1.62. The summed E-state index contributed by atoms with van der Waals surface area (Å²) in [5, 5.41) is 9.71. The van der Waals surface area contributed by atoms with Crippen LogP contribution in [-0.2, 0) is 10.2 Å². The zero-order valence-corrected chi connectivity index (χ0v) is 9.80. The van der Waals surface area contributed by atoms with Gasteiger partial charge in [0.05, 0.1) is 5.69 Å². The number of nitrogens with one attached hydrogen (secondary N) is 1. The Balaban J connectivity index is 3.05. The van der Waals surface area contributed by atoms with Crippen molar-refractivity contribution in [1.82, 2.24) is 4.31 Å². The van der Waals surface area contributed by atoms with Crippen LogP contribution in [0.25, 0.3) is 0 Å². The Bertz CT molecular complexity index is 459. The predicted molar refractivity (Wildman–Crippen MR) is 59.3 cm³/mol. The Hall–Kier alpha value is -0.980. The molecule has 0 bridgehead atoms. The molecular weight excluding hydrogens is 240 g/mol. The number of hydrogen-bond donors (Lipinski definition) is 2. The zero-order chi connectivity index (χ0) is 11.6. The van der Waals surface area contributed by atoms with Crippen LogP contribution in [0, 0.1) is 0 Å². The van der Waals surface area contributed by atoms with Crippen LogP contribution in [-0.4, -0.2) is 31.9 Å². The van der Waals surface area contributed by atoms with Crippen LogP contribution in [0.15, 0.2) is 18.2 Å². The minimum Gasteiger partial charge on any atom is -0.506 e. The van der Waals surface area contributed by atoms with Crippen LogP contribution in [0.1, 0.15) is 0 Å². The van der Waals surface area contributed by atoms with Gasteiger partial charge in [-0.3, -0.25) is 4.72 Å². The molecule has 5 nitrogen and oxygen atoms in total. The number of phenols is 1. The summed E-state index contributed by atoms with van der Waals surface area (Å²) in [7, 11) is -0.868. The summed E-state index contributed by atoms with van der Waals surface area (Å²) in [6, 6.07) is 4.11. The van der Waals surface area contributed by atoms with E-state index in [1.54, 1.807) is 0 Å². The first-order valence-electron chi connectivity index (χ1n) is 4.02. The molecule has 0 saturated carbocycles. The molecule has 0 aliphatic rings. The maximum Gasteiger partial charge on any atom is 0.301 e. The molecule has 0 radical (unpaired) electrons. The van der Waals surface area contributed by atoms with Crippen LogP contribution >= 0.6 is 11.6 Å². The summed E-state index contributed by atoms with van der Waals surface area (Å²) in [6.45, 7) is 0. The molecule has 0 fully saturated rings. The van der Waals surface area contributed by atoms with Crippen molar-refractivity contribution in [3.8, 4) is 5.75 Å². The lowest BCUT2D eigenvalue weighted by molar-refractivity contribution is 0.477. The maximum absolute atomic E-state index is 11.4. The van der Waals surface area contributed by atoms with E-state index in [0.29, 0.717) is 5.02 Å². The minimum absolute atomic E-state index is 0.0520. The van der Waals surface area contributed by atoms with Crippen molar-refractivity contribution in [2.24, 2.45) is 0 Å². The molecule has 1 rings (SSSR count). The SMILES string of the molecule is CN(C)S(=O)(=O)Nc1cc(Cl)ccc1O. The number of hydrogen-bond acceptors (Lipinski definition) is 3. The molecule has 1 aromatic carbocycles. The zero-order valence-electron chi connectivity index (χ0n) is 8.23. The largest absolute Gasteiger partial charge is 0.506 e. The van der Waals surface area contributed by atoms with Gasteiger partial charge in [0.25, 0.3) is 0 Å². The second kappa shape index (κ2) is 4.26. The van der Waals surface area contributed by atoms with Crippen LogP contribution in [0.2, 0.25) is 5.02 Å². The summed E-state index contributed by atoms with van der Waals surface area (Å²) >= 11 is 5.67. The number of phenolic OH excluding ortho intramolecular Hbond substituents is 1. The van der Waals surface area contributed by atoms with Crippen LogP contribution < -0.4 is 4.72 Å². The van der Waals surface area contributed by atoms with Gasteiger partial charge in [-0.25, -0.2) is 0 Å². The van der Waals surface area contributed by atoms with Crippen molar-refractivity contribution in [3.05, 3.63) is 23.2 Å². The van der Waals surface area contributed by atoms with E-state index in [4.69, 9.17) is 11.6 Å². The quantitative estimate of drug-likeness (QED) is 0.794. The molecule has 0 atom stereocenters. The number of rotatable bonds is 3. The normalized spacial score (nSPS) is 11.7. The Morgan fingerprint density at radius 1 is 1.40 bits per heavy atom. The Kier molecular flexibility index (Phi) is 3.43. The molecular formula is C8H11ClN2O3S. The van der Waals surface area contributed by atoms with Crippen molar-refractivity contribution in [3.63, 3.8) is 0 Å². The molecule has 2 N–H and O–H groups in total. The van der Waals surface area contributed by atoms with E-state index in [0.717, 1.165) is 4.31 Å². The number of aromatic hydroxyl groups is 1. The average Bonchev–Trinajstić information content (AvgIpc) is 2.10. The Morgan fingerprint density at radius 3 is 2.53 bits per heavy atom. The van der Waals surface area contributed by atoms with Gasteiger partial charge in [0.2, 0.25) is 0 Å². The second-order valence-corrected chi connectivity index (χ2v) is 5.37. The topological polar surface area (TPSA) is 69.6 Å².